The third kappa shape index (κ3) is 6.12. The van der Waals surface area contributed by atoms with Crippen LogP contribution < -0.4 is 10.3 Å². The van der Waals surface area contributed by atoms with Crippen LogP contribution in [0, 0.1) is 17.0 Å². The standard InChI is InChI=1S/C29H26Br2N4O4/c1-18-7-9-19(10-8-18)17-39-27-21(13-23(31)15-26(27)35(37)38)16-32-34-28(20-5-3-2-4-6-20)33-25-12-11-22(30)14-24(25)29(34)36/h7-16,20H,2-6,17H2,1H3. The Bertz CT molecular complexity index is 1630. The van der Waals surface area contributed by atoms with Crippen LogP contribution in [-0.4, -0.2) is 20.8 Å². The summed E-state index contributed by atoms with van der Waals surface area (Å²) in [5.41, 5.74) is 2.50. The van der Waals surface area contributed by atoms with E-state index in [-0.39, 0.29) is 29.5 Å². The number of halogens is 2. The number of ether oxygens (including phenoxy) is 1. The molecule has 0 unspecified atom stereocenters. The molecule has 0 spiro atoms. The summed E-state index contributed by atoms with van der Waals surface area (Å²) < 4.78 is 8.61. The molecule has 200 valence electrons. The van der Waals surface area contributed by atoms with Gasteiger partial charge in [-0.1, -0.05) is 81.0 Å². The lowest BCUT2D eigenvalue weighted by Gasteiger charge is -2.22. The highest BCUT2D eigenvalue weighted by molar-refractivity contribution is 9.10. The van der Waals surface area contributed by atoms with Gasteiger partial charge in [0.2, 0.25) is 5.75 Å². The van der Waals surface area contributed by atoms with Crippen molar-refractivity contribution in [2.75, 3.05) is 0 Å². The van der Waals surface area contributed by atoms with E-state index < -0.39 is 4.92 Å². The van der Waals surface area contributed by atoms with E-state index in [4.69, 9.17) is 9.72 Å². The van der Waals surface area contributed by atoms with Crippen molar-refractivity contribution in [3.05, 3.63) is 107 Å². The van der Waals surface area contributed by atoms with Crippen molar-refractivity contribution >= 4 is 54.7 Å². The number of nitro groups is 1. The predicted octanol–water partition coefficient (Wildman–Crippen LogP) is 7.65. The number of rotatable bonds is 7. The minimum Gasteiger partial charge on any atom is -0.481 e. The molecule has 1 fully saturated rings. The second-order valence-electron chi connectivity index (χ2n) is 9.70. The molecule has 1 aliphatic carbocycles. The fourth-order valence-corrected chi connectivity index (χ4v) is 5.68. The molecular formula is C29H26Br2N4O4. The van der Waals surface area contributed by atoms with Gasteiger partial charge in [0.15, 0.2) is 0 Å². The molecule has 1 heterocycles. The van der Waals surface area contributed by atoms with Gasteiger partial charge in [-0.05, 0) is 49.6 Å². The van der Waals surface area contributed by atoms with Gasteiger partial charge in [0.25, 0.3) is 5.56 Å². The van der Waals surface area contributed by atoms with Gasteiger partial charge in [-0.3, -0.25) is 14.9 Å². The summed E-state index contributed by atoms with van der Waals surface area (Å²) in [5, 5.41) is 17.0. The highest BCUT2D eigenvalue weighted by Crippen LogP contribution is 2.35. The number of aromatic nitrogens is 2. The summed E-state index contributed by atoms with van der Waals surface area (Å²) in [6.45, 7) is 2.13. The summed E-state index contributed by atoms with van der Waals surface area (Å²) >= 11 is 6.81. The number of aryl methyl sites for hydroxylation is 1. The molecule has 5 rings (SSSR count). The molecule has 1 aliphatic rings. The van der Waals surface area contributed by atoms with E-state index in [1.807, 2.05) is 43.3 Å². The van der Waals surface area contributed by atoms with E-state index in [0.29, 0.717) is 26.8 Å². The first-order valence-electron chi connectivity index (χ1n) is 12.7. The van der Waals surface area contributed by atoms with Gasteiger partial charge in [-0.2, -0.15) is 9.78 Å². The summed E-state index contributed by atoms with van der Waals surface area (Å²) in [7, 11) is 0. The normalized spacial score (nSPS) is 14.2. The Labute approximate surface area is 242 Å². The Balaban J connectivity index is 1.61. The van der Waals surface area contributed by atoms with Gasteiger partial charge in [-0.15, -0.1) is 0 Å². The Kier molecular flexibility index (Phi) is 8.23. The molecule has 1 saturated carbocycles. The van der Waals surface area contributed by atoms with Crippen molar-refractivity contribution in [3.63, 3.8) is 0 Å². The van der Waals surface area contributed by atoms with Crippen molar-refractivity contribution in [3.8, 4) is 5.75 Å². The second kappa shape index (κ2) is 11.8. The minimum absolute atomic E-state index is 0.0799. The van der Waals surface area contributed by atoms with Gasteiger partial charge in [-0.25, -0.2) is 4.98 Å². The van der Waals surface area contributed by atoms with Crippen LogP contribution in [0.3, 0.4) is 0 Å². The monoisotopic (exact) mass is 652 g/mol. The zero-order valence-electron chi connectivity index (χ0n) is 21.3. The Morgan fingerprint density at radius 2 is 1.82 bits per heavy atom. The summed E-state index contributed by atoms with van der Waals surface area (Å²) in [6, 6.07) is 16.3. The van der Waals surface area contributed by atoms with Gasteiger partial charge < -0.3 is 4.74 Å². The second-order valence-corrected chi connectivity index (χ2v) is 11.5. The molecule has 3 aromatic carbocycles. The smallest absolute Gasteiger partial charge is 0.312 e. The first-order chi connectivity index (χ1) is 18.8. The van der Waals surface area contributed by atoms with E-state index in [9.17, 15) is 14.9 Å². The quantitative estimate of drug-likeness (QED) is 0.116. The van der Waals surface area contributed by atoms with Gasteiger partial charge >= 0.3 is 5.69 Å². The van der Waals surface area contributed by atoms with Crippen molar-refractivity contribution in [1.29, 1.82) is 0 Å². The summed E-state index contributed by atoms with van der Waals surface area (Å²) in [5.74, 6) is 0.791. The molecule has 1 aromatic heterocycles. The summed E-state index contributed by atoms with van der Waals surface area (Å²) in [6.07, 6.45) is 6.60. The molecule has 0 radical (unpaired) electrons. The molecule has 8 nitrogen and oxygen atoms in total. The number of hydrogen-bond acceptors (Lipinski definition) is 6. The summed E-state index contributed by atoms with van der Waals surface area (Å²) in [4.78, 5) is 30.0. The van der Waals surface area contributed by atoms with Crippen molar-refractivity contribution in [2.24, 2.45) is 5.10 Å². The molecule has 4 aromatic rings. The molecule has 0 N–H and O–H groups in total. The Morgan fingerprint density at radius 1 is 1.08 bits per heavy atom. The Hall–Kier alpha value is -3.37. The van der Waals surface area contributed by atoms with E-state index in [1.54, 1.807) is 12.1 Å². The third-order valence-electron chi connectivity index (χ3n) is 6.88. The van der Waals surface area contributed by atoms with Crippen LogP contribution in [-0.2, 0) is 6.61 Å². The van der Waals surface area contributed by atoms with Crippen LogP contribution in [0.4, 0.5) is 5.69 Å². The molecular weight excluding hydrogens is 628 g/mol. The first-order valence-corrected chi connectivity index (χ1v) is 14.3. The van der Waals surface area contributed by atoms with Crippen LogP contribution >= 0.6 is 31.9 Å². The molecule has 0 saturated heterocycles. The van der Waals surface area contributed by atoms with Crippen LogP contribution in [0.1, 0.15) is 60.5 Å². The lowest BCUT2D eigenvalue weighted by molar-refractivity contribution is -0.386. The van der Waals surface area contributed by atoms with Crippen LogP contribution in [0.25, 0.3) is 10.9 Å². The number of fused-ring (bicyclic) bond motifs is 1. The zero-order chi connectivity index (χ0) is 27.5. The molecule has 10 heteroatoms. The average Bonchev–Trinajstić information content (AvgIpc) is 2.93. The van der Waals surface area contributed by atoms with Crippen LogP contribution in [0.5, 0.6) is 5.75 Å². The largest absolute Gasteiger partial charge is 0.481 e. The van der Waals surface area contributed by atoms with E-state index in [0.717, 1.165) is 47.7 Å². The fourth-order valence-electron chi connectivity index (χ4n) is 4.85. The molecule has 0 atom stereocenters. The number of hydrogen-bond donors (Lipinski definition) is 0. The highest BCUT2D eigenvalue weighted by atomic mass is 79.9. The maximum absolute atomic E-state index is 13.7. The van der Waals surface area contributed by atoms with E-state index in [1.165, 1.54) is 17.0 Å². The molecule has 0 amide bonds. The topological polar surface area (TPSA) is 99.6 Å². The molecule has 0 bridgehead atoms. The van der Waals surface area contributed by atoms with Crippen molar-refractivity contribution in [1.82, 2.24) is 9.66 Å². The SMILES string of the molecule is Cc1ccc(COc2c(C=Nn3c(C4CCCCC4)nc4ccc(Br)cc4c3=O)cc(Br)cc2[N+](=O)[O-])cc1. The predicted molar refractivity (Wildman–Crippen MR) is 159 cm³/mol. The van der Waals surface area contributed by atoms with Gasteiger partial charge in [0.05, 0.1) is 22.0 Å². The average molecular weight is 654 g/mol. The van der Waals surface area contributed by atoms with Crippen molar-refractivity contribution < 1.29 is 9.66 Å². The maximum Gasteiger partial charge on any atom is 0.312 e. The van der Waals surface area contributed by atoms with E-state index in [2.05, 4.69) is 37.0 Å². The van der Waals surface area contributed by atoms with E-state index >= 15 is 0 Å². The maximum atomic E-state index is 13.7. The molecule has 39 heavy (non-hydrogen) atoms. The van der Waals surface area contributed by atoms with Crippen LogP contribution in [0.2, 0.25) is 0 Å². The van der Waals surface area contributed by atoms with Crippen molar-refractivity contribution in [2.45, 2.75) is 51.6 Å². The number of nitrogens with zero attached hydrogens (tertiary/aromatic N) is 4. The van der Waals surface area contributed by atoms with Gasteiger partial charge in [0.1, 0.15) is 12.4 Å². The highest BCUT2D eigenvalue weighted by Gasteiger charge is 2.24. The lowest BCUT2D eigenvalue weighted by Crippen LogP contribution is -2.25. The fraction of sp³-hybridized carbons (Fsp3) is 0.276. The Morgan fingerprint density at radius 3 is 2.54 bits per heavy atom. The minimum atomic E-state index is -0.485. The zero-order valence-corrected chi connectivity index (χ0v) is 24.4. The van der Waals surface area contributed by atoms with Gasteiger partial charge in [0, 0.05) is 26.5 Å². The number of nitro benzene ring substituents is 1. The third-order valence-corrected chi connectivity index (χ3v) is 7.83. The first kappa shape index (κ1) is 27.2. The number of benzene rings is 3. The lowest BCUT2D eigenvalue weighted by atomic mass is 9.88. The van der Waals surface area contributed by atoms with Crippen LogP contribution in [0.15, 0.2) is 73.4 Å². The molecule has 0 aliphatic heterocycles.